The number of hydrogen-bond donors (Lipinski definition) is 2. The number of carbonyl (C=O) groups excluding carboxylic acids is 1. The number of hydrogen-bond acceptors (Lipinski definition) is 4. The summed E-state index contributed by atoms with van der Waals surface area (Å²) in [6.45, 7) is 10.1. The number of aromatic amines is 1. The van der Waals surface area contributed by atoms with Crippen molar-refractivity contribution >= 4 is 17.2 Å². The van der Waals surface area contributed by atoms with Gasteiger partial charge in [0.25, 0.3) is 0 Å². The summed E-state index contributed by atoms with van der Waals surface area (Å²) < 4.78 is 0. The van der Waals surface area contributed by atoms with Gasteiger partial charge < -0.3 is 15.6 Å². The molecule has 228 valence electrons. The fourth-order valence-corrected chi connectivity index (χ4v) is 5.66. The highest BCUT2D eigenvalue weighted by Crippen LogP contribution is 2.33. The smallest absolute Gasteiger partial charge is 0.226 e. The molecule has 1 amide bonds. The summed E-state index contributed by atoms with van der Waals surface area (Å²) in [6, 6.07) is 17.4. The SMILES string of the molecule is C/C=C\CC(=O)N1CCCC1c1ncc(-c2ccc(-c3ccc(/C(=C/N=C(C)C(C)CCCC)CCCN)cc3)cc2)[nH]1. The second kappa shape index (κ2) is 16.2. The maximum atomic E-state index is 12.7. The van der Waals surface area contributed by atoms with Crippen LogP contribution in [0.15, 0.2) is 78.1 Å². The van der Waals surface area contributed by atoms with E-state index in [9.17, 15) is 4.79 Å². The number of aliphatic imine (C=N–C) groups is 1. The minimum atomic E-state index is 0.0205. The lowest BCUT2D eigenvalue weighted by atomic mass is 9.97. The van der Waals surface area contributed by atoms with Crippen molar-refractivity contribution in [3.05, 3.63) is 84.5 Å². The number of nitrogens with two attached hydrogens (primary N) is 1. The molecule has 2 heterocycles. The van der Waals surface area contributed by atoms with Gasteiger partial charge in [-0.1, -0.05) is 87.4 Å². The molecule has 6 nitrogen and oxygen atoms in total. The predicted molar refractivity (Wildman–Crippen MR) is 181 cm³/mol. The molecule has 0 spiro atoms. The number of rotatable bonds is 14. The Labute approximate surface area is 258 Å². The van der Waals surface area contributed by atoms with Gasteiger partial charge in [0.1, 0.15) is 5.82 Å². The maximum absolute atomic E-state index is 12.7. The number of likely N-dealkylation sites (tertiary alicyclic amines) is 1. The number of nitrogens with one attached hydrogen (secondary N) is 1. The lowest BCUT2D eigenvalue weighted by Gasteiger charge is -2.22. The molecule has 0 saturated carbocycles. The van der Waals surface area contributed by atoms with E-state index in [1.165, 1.54) is 41.7 Å². The van der Waals surface area contributed by atoms with E-state index in [2.05, 4.69) is 85.5 Å². The number of H-pyrrole nitrogens is 1. The van der Waals surface area contributed by atoms with Crippen molar-refractivity contribution in [1.29, 1.82) is 0 Å². The molecule has 2 aromatic carbocycles. The van der Waals surface area contributed by atoms with Gasteiger partial charge >= 0.3 is 0 Å². The molecular weight excluding hydrogens is 530 g/mol. The van der Waals surface area contributed by atoms with Gasteiger partial charge in [-0.3, -0.25) is 9.79 Å². The molecule has 43 heavy (non-hydrogen) atoms. The number of imidazole rings is 1. The Bertz CT molecular complexity index is 1400. The molecule has 2 atom stereocenters. The highest BCUT2D eigenvalue weighted by Gasteiger charge is 2.31. The van der Waals surface area contributed by atoms with Crippen molar-refractivity contribution in [2.75, 3.05) is 13.1 Å². The lowest BCUT2D eigenvalue weighted by Crippen LogP contribution is -2.30. The second-order valence-corrected chi connectivity index (χ2v) is 11.7. The molecular formula is C37H49N5O. The molecule has 4 rings (SSSR count). The van der Waals surface area contributed by atoms with Crippen LogP contribution in [0.5, 0.6) is 0 Å². The molecule has 3 aromatic rings. The summed E-state index contributed by atoms with van der Waals surface area (Å²) >= 11 is 0. The molecule has 0 radical (unpaired) electrons. The Morgan fingerprint density at radius 2 is 1.81 bits per heavy atom. The van der Waals surface area contributed by atoms with Crippen molar-refractivity contribution in [3.63, 3.8) is 0 Å². The Morgan fingerprint density at radius 3 is 2.49 bits per heavy atom. The first-order valence-corrected chi connectivity index (χ1v) is 16.0. The molecule has 1 aliphatic heterocycles. The molecule has 0 bridgehead atoms. The number of carbonyl (C=O) groups is 1. The normalized spacial score (nSPS) is 16.8. The third kappa shape index (κ3) is 8.64. The topological polar surface area (TPSA) is 87.4 Å². The molecule has 1 aliphatic rings. The van der Waals surface area contributed by atoms with E-state index < -0.39 is 0 Å². The zero-order chi connectivity index (χ0) is 30.6. The number of amides is 1. The lowest BCUT2D eigenvalue weighted by molar-refractivity contribution is -0.131. The van der Waals surface area contributed by atoms with Gasteiger partial charge in [-0.15, -0.1) is 0 Å². The fraction of sp³-hybridized carbons (Fsp3) is 0.432. The average Bonchev–Trinajstić information content (AvgIpc) is 3.73. The van der Waals surface area contributed by atoms with Crippen LogP contribution in [0.1, 0.15) is 96.5 Å². The summed E-state index contributed by atoms with van der Waals surface area (Å²) in [5.74, 6) is 1.53. The van der Waals surface area contributed by atoms with Crippen molar-refractivity contribution in [3.8, 4) is 22.4 Å². The number of aromatic nitrogens is 2. The molecule has 3 N–H and O–H groups in total. The molecule has 0 aliphatic carbocycles. The quantitative estimate of drug-likeness (QED) is 0.148. The minimum absolute atomic E-state index is 0.0205. The Hall–Kier alpha value is -3.77. The molecule has 6 heteroatoms. The summed E-state index contributed by atoms with van der Waals surface area (Å²) in [4.78, 5) is 27.7. The summed E-state index contributed by atoms with van der Waals surface area (Å²) in [5, 5.41) is 0. The van der Waals surface area contributed by atoms with Gasteiger partial charge in [0, 0.05) is 24.9 Å². The number of allylic oxidation sites excluding steroid dienone is 2. The fourth-order valence-electron chi connectivity index (χ4n) is 5.66. The van der Waals surface area contributed by atoms with Crippen molar-refractivity contribution in [2.24, 2.45) is 16.6 Å². The minimum Gasteiger partial charge on any atom is -0.340 e. The molecule has 1 saturated heterocycles. The predicted octanol–water partition coefficient (Wildman–Crippen LogP) is 8.74. The highest BCUT2D eigenvalue weighted by atomic mass is 16.2. The van der Waals surface area contributed by atoms with E-state index in [4.69, 9.17) is 10.7 Å². The Kier molecular flexibility index (Phi) is 12.1. The third-order valence-corrected chi connectivity index (χ3v) is 8.58. The van der Waals surface area contributed by atoms with Crippen LogP contribution < -0.4 is 5.73 Å². The first kappa shape index (κ1) is 32.2. The zero-order valence-corrected chi connectivity index (χ0v) is 26.5. The molecule has 2 unspecified atom stereocenters. The van der Waals surface area contributed by atoms with Crippen LogP contribution in [0.4, 0.5) is 0 Å². The second-order valence-electron chi connectivity index (χ2n) is 11.7. The van der Waals surface area contributed by atoms with E-state index in [0.29, 0.717) is 18.9 Å². The number of benzene rings is 2. The Balaban J connectivity index is 1.45. The monoisotopic (exact) mass is 579 g/mol. The Morgan fingerprint density at radius 1 is 1.12 bits per heavy atom. The average molecular weight is 580 g/mol. The van der Waals surface area contributed by atoms with Gasteiger partial charge in [0.15, 0.2) is 0 Å². The summed E-state index contributed by atoms with van der Waals surface area (Å²) in [5.41, 5.74) is 13.9. The van der Waals surface area contributed by atoms with Crippen LogP contribution in [0.2, 0.25) is 0 Å². The summed E-state index contributed by atoms with van der Waals surface area (Å²) in [7, 11) is 0. The first-order chi connectivity index (χ1) is 20.9. The van der Waals surface area contributed by atoms with E-state index in [1.54, 1.807) is 0 Å². The molecule has 1 fully saturated rings. The van der Waals surface area contributed by atoms with Crippen molar-refractivity contribution in [2.45, 2.75) is 85.1 Å². The van der Waals surface area contributed by atoms with Crippen LogP contribution in [-0.2, 0) is 4.79 Å². The van der Waals surface area contributed by atoms with E-state index in [-0.39, 0.29) is 11.9 Å². The van der Waals surface area contributed by atoms with Crippen LogP contribution in [0, 0.1) is 5.92 Å². The van der Waals surface area contributed by atoms with Gasteiger partial charge in [0.05, 0.1) is 17.9 Å². The van der Waals surface area contributed by atoms with E-state index in [1.807, 2.05) is 30.2 Å². The number of unbranched alkanes of at least 4 members (excludes halogenated alkanes) is 1. The van der Waals surface area contributed by atoms with Crippen molar-refractivity contribution in [1.82, 2.24) is 14.9 Å². The van der Waals surface area contributed by atoms with Crippen LogP contribution in [-0.4, -0.2) is 39.6 Å². The van der Waals surface area contributed by atoms with Gasteiger partial charge in [-0.2, -0.15) is 0 Å². The van der Waals surface area contributed by atoms with Crippen LogP contribution in [0.25, 0.3) is 28.0 Å². The number of nitrogens with zero attached hydrogens (tertiary/aromatic N) is 3. The van der Waals surface area contributed by atoms with Gasteiger partial charge in [-0.05, 0) is 86.2 Å². The highest BCUT2D eigenvalue weighted by molar-refractivity contribution is 5.85. The third-order valence-electron chi connectivity index (χ3n) is 8.58. The standard InChI is InChI=1S/C37H49N5O/c1-5-7-11-27(3)28(4)39-25-33(12-9-23-38)31-17-15-29(16-18-31)30-19-21-32(22-20-30)34-26-40-37(41-34)35-13-10-24-42(35)36(43)14-8-6-2/h6,8,15-22,25-27,35H,5,7,9-14,23-24,38H2,1-4H3,(H,40,41)/b8-6-,33-25+,39-28?. The molecule has 1 aromatic heterocycles. The van der Waals surface area contributed by atoms with Crippen molar-refractivity contribution < 1.29 is 4.79 Å². The van der Waals surface area contributed by atoms with Gasteiger partial charge in [-0.25, -0.2) is 4.98 Å². The summed E-state index contributed by atoms with van der Waals surface area (Å²) in [6.07, 6.45) is 15.7. The maximum Gasteiger partial charge on any atom is 0.226 e. The van der Waals surface area contributed by atoms with Gasteiger partial charge in [0.2, 0.25) is 5.91 Å². The first-order valence-electron chi connectivity index (χ1n) is 16.0. The van der Waals surface area contributed by atoms with E-state index >= 15 is 0 Å². The zero-order valence-electron chi connectivity index (χ0n) is 26.5. The largest absolute Gasteiger partial charge is 0.340 e. The van der Waals surface area contributed by atoms with Crippen LogP contribution in [0.3, 0.4) is 0 Å². The van der Waals surface area contributed by atoms with E-state index in [0.717, 1.165) is 54.9 Å². The van der Waals surface area contributed by atoms with Crippen LogP contribution >= 0.6 is 0 Å².